The third-order valence-corrected chi connectivity index (χ3v) is 5.87. The molecule has 0 saturated carbocycles. The molecule has 0 aliphatic carbocycles. The second-order valence-electron chi connectivity index (χ2n) is 5.90. The van der Waals surface area contributed by atoms with Crippen LogP contribution in [-0.2, 0) is 14.8 Å². The van der Waals surface area contributed by atoms with Gasteiger partial charge in [0.25, 0.3) is 0 Å². The van der Waals surface area contributed by atoms with Crippen LogP contribution >= 0.6 is 11.6 Å². The average Bonchev–Trinajstić information content (AvgIpc) is 2.66. The molecular formula is C18H22ClN3O5S. The van der Waals surface area contributed by atoms with Gasteiger partial charge < -0.3 is 20.1 Å². The molecule has 0 spiro atoms. The van der Waals surface area contributed by atoms with E-state index in [1.165, 1.54) is 46.5 Å². The number of methoxy groups -OCH3 is 2. The lowest BCUT2D eigenvalue weighted by atomic mass is 10.2. The van der Waals surface area contributed by atoms with Crippen LogP contribution in [0.3, 0.4) is 0 Å². The third-order valence-electron chi connectivity index (χ3n) is 3.82. The summed E-state index contributed by atoms with van der Waals surface area (Å²) in [6, 6.07) is 9.25. The number of hydrogen-bond donors (Lipinski definition) is 2. The van der Waals surface area contributed by atoms with Crippen molar-refractivity contribution in [2.45, 2.75) is 4.90 Å². The van der Waals surface area contributed by atoms with Crippen molar-refractivity contribution < 1.29 is 22.7 Å². The highest BCUT2D eigenvalue weighted by Crippen LogP contribution is 2.29. The minimum atomic E-state index is -3.62. The monoisotopic (exact) mass is 427 g/mol. The highest BCUT2D eigenvalue weighted by atomic mass is 35.5. The first kappa shape index (κ1) is 21.8. The average molecular weight is 428 g/mol. The molecule has 152 valence electrons. The van der Waals surface area contributed by atoms with Gasteiger partial charge in [-0.3, -0.25) is 4.79 Å². The Hall–Kier alpha value is -2.49. The van der Waals surface area contributed by atoms with Gasteiger partial charge in [0, 0.05) is 19.1 Å². The summed E-state index contributed by atoms with van der Waals surface area (Å²) in [6.45, 7) is -0.127. The molecule has 2 rings (SSSR count). The fourth-order valence-corrected chi connectivity index (χ4v) is 3.44. The Labute approximate surface area is 169 Å². The number of nitrogens with zero attached hydrogens (tertiary/aromatic N) is 1. The molecule has 0 saturated heterocycles. The molecule has 8 nitrogen and oxygen atoms in total. The van der Waals surface area contributed by atoms with Crippen LogP contribution in [0.5, 0.6) is 11.5 Å². The molecule has 0 aromatic heterocycles. The molecule has 28 heavy (non-hydrogen) atoms. The van der Waals surface area contributed by atoms with Gasteiger partial charge in [0.05, 0.1) is 37.0 Å². The molecule has 0 aliphatic rings. The van der Waals surface area contributed by atoms with Crippen molar-refractivity contribution in [2.75, 3.05) is 45.5 Å². The van der Waals surface area contributed by atoms with E-state index in [2.05, 4.69) is 10.6 Å². The number of amides is 1. The second kappa shape index (κ2) is 9.13. The van der Waals surface area contributed by atoms with Gasteiger partial charge in [-0.25, -0.2) is 12.7 Å². The summed E-state index contributed by atoms with van der Waals surface area (Å²) in [5, 5.41) is 6.04. The van der Waals surface area contributed by atoms with Crippen molar-refractivity contribution in [3.63, 3.8) is 0 Å². The molecule has 0 unspecified atom stereocenters. The maximum absolute atomic E-state index is 12.3. The maximum Gasteiger partial charge on any atom is 0.243 e. The highest BCUT2D eigenvalue weighted by molar-refractivity contribution is 7.89. The van der Waals surface area contributed by atoms with E-state index in [1.54, 1.807) is 18.2 Å². The summed E-state index contributed by atoms with van der Waals surface area (Å²) in [4.78, 5) is 12.4. The lowest BCUT2D eigenvalue weighted by Crippen LogP contribution is -2.24. The number of carbonyl (C=O) groups is 1. The van der Waals surface area contributed by atoms with Crippen LogP contribution in [0.15, 0.2) is 41.3 Å². The number of sulfonamides is 1. The second-order valence-corrected chi connectivity index (χ2v) is 8.48. The predicted molar refractivity (Wildman–Crippen MR) is 109 cm³/mol. The predicted octanol–water partition coefficient (Wildman–Crippen LogP) is 2.66. The van der Waals surface area contributed by atoms with E-state index >= 15 is 0 Å². The molecule has 1 amide bonds. The Morgan fingerprint density at radius 3 is 2.25 bits per heavy atom. The summed E-state index contributed by atoms with van der Waals surface area (Å²) in [5.41, 5.74) is 0.802. The molecule has 10 heteroatoms. The first-order chi connectivity index (χ1) is 13.2. The van der Waals surface area contributed by atoms with Gasteiger partial charge in [-0.05, 0) is 36.4 Å². The van der Waals surface area contributed by atoms with E-state index in [-0.39, 0.29) is 17.3 Å². The van der Waals surface area contributed by atoms with Gasteiger partial charge in [0.1, 0.15) is 11.5 Å². The molecule has 0 atom stereocenters. The first-order valence-electron chi connectivity index (χ1n) is 8.17. The van der Waals surface area contributed by atoms with Crippen LogP contribution in [0.4, 0.5) is 11.4 Å². The van der Waals surface area contributed by atoms with Gasteiger partial charge in [0.15, 0.2) is 0 Å². The van der Waals surface area contributed by atoms with Gasteiger partial charge in [-0.2, -0.15) is 0 Å². The minimum Gasteiger partial charge on any atom is -0.495 e. The van der Waals surface area contributed by atoms with E-state index in [1.807, 2.05) is 0 Å². The van der Waals surface area contributed by atoms with Crippen LogP contribution in [0.25, 0.3) is 0 Å². The molecule has 0 fully saturated rings. The van der Waals surface area contributed by atoms with E-state index < -0.39 is 10.0 Å². The zero-order chi connectivity index (χ0) is 20.9. The zero-order valence-electron chi connectivity index (χ0n) is 15.9. The molecule has 0 aliphatic heterocycles. The van der Waals surface area contributed by atoms with Crippen LogP contribution in [-0.4, -0.2) is 53.5 Å². The lowest BCUT2D eigenvalue weighted by molar-refractivity contribution is -0.114. The van der Waals surface area contributed by atoms with E-state index in [0.29, 0.717) is 27.9 Å². The highest BCUT2D eigenvalue weighted by Gasteiger charge is 2.19. The quantitative estimate of drug-likeness (QED) is 0.672. The van der Waals surface area contributed by atoms with E-state index in [9.17, 15) is 13.2 Å². The maximum atomic E-state index is 12.3. The summed E-state index contributed by atoms with van der Waals surface area (Å²) in [5.74, 6) is 0.503. The Balaban J connectivity index is 2.17. The number of rotatable bonds is 8. The van der Waals surface area contributed by atoms with Crippen molar-refractivity contribution in [2.24, 2.45) is 0 Å². The van der Waals surface area contributed by atoms with Crippen molar-refractivity contribution in [3.05, 3.63) is 41.4 Å². The topological polar surface area (TPSA) is 97.0 Å². The number of nitrogens with one attached hydrogen (secondary N) is 2. The van der Waals surface area contributed by atoms with Crippen LogP contribution in [0.2, 0.25) is 5.02 Å². The standard InChI is InChI=1S/C18H22ClN3O5S/c1-22(2)28(24,25)13-6-8-16(26-3)14(10-13)20-11-18(23)21-15-9-12(19)5-7-17(15)27-4/h5-10,20H,11H2,1-4H3,(H,21,23). The Morgan fingerprint density at radius 1 is 1.04 bits per heavy atom. The number of hydrogen-bond acceptors (Lipinski definition) is 6. The fraction of sp³-hybridized carbons (Fsp3) is 0.278. The minimum absolute atomic E-state index is 0.0812. The summed E-state index contributed by atoms with van der Waals surface area (Å²) in [7, 11) is 2.21. The van der Waals surface area contributed by atoms with E-state index in [4.69, 9.17) is 21.1 Å². The summed E-state index contributed by atoms with van der Waals surface area (Å²) in [6.07, 6.45) is 0. The Kier molecular flexibility index (Phi) is 7.11. The van der Waals surface area contributed by atoms with Crippen molar-refractivity contribution >= 4 is 38.9 Å². The number of anilines is 2. The summed E-state index contributed by atoms with van der Waals surface area (Å²) < 4.78 is 36.2. The summed E-state index contributed by atoms with van der Waals surface area (Å²) >= 11 is 5.96. The third kappa shape index (κ3) is 5.06. The van der Waals surface area contributed by atoms with Crippen molar-refractivity contribution in [1.82, 2.24) is 4.31 Å². The SMILES string of the molecule is COc1ccc(S(=O)(=O)N(C)C)cc1NCC(=O)Nc1cc(Cl)ccc1OC. The van der Waals surface area contributed by atoms with Crippen LogP contribution in [0.1, 0.15) is 0 Å². The molecule has 2 aromatic carbocycles. The number of benzene rings is 2. The molecule has 0 radical (unpaired) electrons. The lowest BCUT2D eigenvalue weighted by Gasteiger charge is -2.16. The largest absolute Gasteiger partial charge is 0.495 e. The fourth-order valence-electron chi connectivity index (χ4n) is 2.34. The molecular weight excluding hydrogens is 406 g/mol. The molecule has 2 aromatic rings. The smallest absolute Gasteiger partial charge is 0.243 e. The van der Waals surface area contributed by atoms with Gasteiger partial charge in [0.2, 0.25) is 15.9 Å². The van der Waals surface area contributed by atoms with Crippen molar-refractivity contribution in [3.8, 4) is 11.5 Å². The van der Waals surface area contributed by atoms with Gasteiger partial charge in [-0.15, -0.1) is 0 Å². The zero-order valence-corrected chi connectivity index (χ0v) is 17.5. The molecule has 0 bridgehead atoms. The van der Waals surface area contributed by atoms with Crippen LogP contribution < -0.4 is 20.1 Å². The number of ether oxygens (including phenoxy) is 2. The normalized spacial score (nSPS) is 11.2. The van der Waals surface area contributed by atoms with Crippen molar-refractivity contribution in [1.29, 1.82) is 0 Å². The Bertz CT molecular complexity index is 964. The Morgan fingerprint density at radius 2 is 1.64 bits per heavy atom. The number of carbonyl (C=O) groups excluding carboxylic acids is 1. The van der Waals surface area contributed by atoms with E-state index in [0.717, 1.165) is 4.31 Å². The van der Waals surface area contributed by atoms with Gasteiger partial charge >= 0.3 is 0 Å². The van der Waals surface area contributed by atoms with Gasteiger partial charge in [-0.1, -0.05) is 11.6 Å². The number of halogens is 1. The van der Waals surface area contributed by atoms with Crippen LogP contribution in [0, 0.1) is 0 Å². The molecule has 2 N–H and O–H groups in total. The molecule has 0 heterocycles. The first-order valence-corrected chi connectivity index (χ1v) is 9.98.